The van der Waals surface area contributed by atoms with Gasteiger partial charge in [0.25, 0.3) is 0 Å². The van der Waals surface area contributed by atoms with Crippen LogP contribution in [0.2, 0.25) is 0 Å². The highest BCUT2D eigenvalue weighted by molar-refractivity contribution is 7.89. The maximum absolute atomic E-state index is 13.7. The van der Waals surface area contributed by atoms with Crippen LogP contribution in [0.5, 0.6) is 0 Å². The summed E-state index contributed by atoms with van der Waals surface area (Å²) in [5.74, 6) is -2.74. The van der Waals surface area contributed by atoms with Gasteiger partial charge < -0.3 is 5.73 Å². The number of aryl methyl sites for hydroxylation is 1. The molecule has 0 fully saturated rings. The molecule has 2 aromatic rings. The van der Waals surface area contributed by atoms with E-state index in [1.54, 1.807) is 13.2 Å². The van der Waals surface area contributed by atoms with E-state index in [0.29, 0.717) is 5.56 Å². The number of sulfonamides is 1. The lowest BCUT2D eigenvalue weighted by molar-refractivity contribution is 0.447. The highest BCUT2D eigenvalue weighted by Gasteiger charge is 2.27. The van der Waals surface area contributed by atoms with Crippen molar-refractivity contribution in [2.24, 2.45) is 7.05 Å². The molecule has 0 unspecified atom stereocenters. The summed E-state index contributed by atoms with van der Waals surface area (Å²) in [6.45, 7) is -0.0218. The Labute approximate surface area is 120 Å². The Hall–Kier alpha value is -2.00. The van der Waals surface area contributed by atoms with Crippen molar-refractivity contribution < 1.29 is 17.2 Å². The molecule has 1 heterocycles. The third-order valence-electron chi connectivity index (χ3n) is 2.87. The molecule has 9 heteroatoms. The van der Waals surface area contributed by atoms with Crippen molar-refractivity contribution in [3.8, 4) is 0 Å². The number of hydrogen-bond donors (Lipinski definition) is 1. The third-order valence-corrected chi connectivity index (χ3v) is 4.67. The van der Waals surface area contributed by atoms with E-state index in [9.17, 15) is 17.2 Å². The number of hydrogen-bond acceptors (Lipinski definition) is 4. The molecular weight excluding hydrogens is 302 g/mol. The van der Waals surface area contributed by atoms with Gasteiger partial charge in [-0.05, 0) is 12.1 Å². The lowest BCUT2D eigenvalue weighted by Gasteiger charge is -2.17. The maximum Gasteiger partial charge on any atom is 0.246 e. The molecule has 0 bridgehead atoms. The molecule has 21 heavy (non-hydrogen) atoms. The second-order valence-electron chi connectivity index (χ2n) is 4.60. The zero-order valence-electron chi connectivity index (χ0n) is 11.4. The Kier molecular flexibility index (Phi) is 3.97. The van der Waals surface area contributed by atoms with Gasteiger partial charge in [0.15, 0.2) is 11.6 Å². The summed E-state index contributed by atoms with van der Waals surface area (Å²) in [5.41, 5.74) is 5.83. The molecule has 2 rings (SSSR count). The summed E-state index contributed by atoms with van der Waals surface area (Å²) in [7, 11) is -1.25. The van der Waals surface area contributed by atoms with Crippen molar-refractivity contribution in [3.05, 3.63) is 41.7 Å². The Morgan fingerprint density at radius 3 is 2.62 bits per heavy atom. The number of aromatic nitrogens is 2. The van der Waals surface area contributed by atoms with Gasteiger partial charge in [0, 0.05) is 38.1 Å². The van der Waals surface area contributed by atoms with Crippen molar-refractivity contribution in [1.82, 2.24) is 14.1 Å². The summed E-state index contributed by atoms with van der Waals surface area (Å²) in [5, 5.41) is 3.91. The van der Waals surface area contributed by atoms with E-state index in [4.69, 9.17) is 5.73 Å². The summed E-state index contributed by atoms with van der Waals surface area (Å²) in [6.07, 6.45) is 3.12. The fraction of sp³-hybridized carbons (Fsp3) is 0.250. The number of anilines is 1. The van der Waals surface area contributed by atoms with E-state index < -0.39 is 26.6 Å². The normalized spacial score (nSPS) is 12.0. The summed E-state index contributed by atoms with van der Waals surface area (Å²) in [6, 6.07) is 1.63. The molecule has 0 aliphatic heterocycles. The number of rotatable bonds is 4. The Morgan fingerprint density at radius 2 is 2.05 bits per heavy atom. The van der Waals surface area contributed by atoms with Crippen LogP contribution in [-0.4, -0.2) is 29.6 Å². The summed E-state index contributed by atoms with van der Waals surface area (Å²) >= 11 is 0. The van der Waals surface area contributed by atoms with Crippen molar-refractivity contribution in [2.75, 3.05) is 12.8 Å². The van der Waals surface area contributed by atoms with Crippen molar-refractivity contribution in [2.45, 2.75) is 11.4 Å². The van der Waals surface area contributed by atoms with Crippen LogP contribution >= 0.6 is 0 Å². The minimum atomic E-state index is -4.20. The Bertz CT molecular complexity index is 774. The zero-order valence-corrected chi connectivity index (χ0v) is 12.2. The maximum atomic E-state index is 13.7. The molecular formula is C12H14F2N4O2S. The summed E-state index contributed by atoms with van der Waals surface area (Å²) < 4.78 is 54.1. The van der Waals surface area contributed by atoms with Gasteiger partial charge in [-0.15, -0.1) is 0 Å². The van der Waals surface area contributed by atoms with Gasteiger partial charge in [0.2, 0.25) is 10.0 Å². The number of nitrogen functional groups attached to an aromatic ring is 1. The number of benzene rings is 1. The Morgan fingerprint density at radius 1 is 1.38 bits per heavy atom. The first-order valence-corrected chi connectivity index (χ1v) is 7.34. The fourth-order valence-corrected chi connectivity index (χ4v) is 3.10. The van der Waals surface area contributed by atoms with Crippen LogP contribution < -0.4 is 5.73 Å². The molecule has 1 aromatic carbocycles. The van der Waals surface area contributed by atoms with Crippen molar-refractivity contribution in [1.29, 1.82) is 0 Å². The van der Waals surface area contributed by atoms with E-state index in [1.807, 2.05) is 0 Å². The highest BCUT2D eigenvalue weighted by atomic mass is 32.2. The molecule has 0 saturated carbocycles. The zero-order chi connectivity index (χ0) is 15.8. The fourth-order valence-electron chi connectivity index (χ4n) is 1.83. The van der Waals surface area contributed by atoms with Crippen LogP contribution in [0.1, 0.15) is 5.56 Å². The average molecular weight is 316 g/mol. The SMILES string of the molecule is CN(Cc1cnn(C)c1)S(=O)(=O)c1cc(N)cc(F)c1F. The average Bonchev–Trinajstić information content (AvgIpc) is 2.79. The van der Waals surface area contributed by atoms with Crippen LogP contribution in [0, 0.1) is 11.6 Å². The quantitative estimate of drug-likeness (QED) is 0.857. The largest absolute Gasteiger partial charge is 0.399 e. The van der Waals surface area contributed by atoms with E-state index in [1.165, 1.54) is 17.9 Å². The van der Waals surface area contributed by atoms with Gasteiger partial charge in [-0.1, -0.05) is 0 Å². The molecule has 0 aliphatic rings. The van der Waals surface area contributed by atoms with Gasteiger partial charge in [0.1, 0.15) is 4.90 Å². The van der Waals surface area contributed by atoms with Crippen LogP contribution in [0.25, 0.3) is 0 Å². The first-order valence-electron chi connectivity index (χ1n) is 5.90. The van der Waals surface area contributed by atoms with Crippen LogP contribution in [-0.2, 0) is 23.6 Å². The van der Waals surface area contributed by atoms with E-state index in [2.05, 4.69) is 5.10 Å². The first-order chi connectivity index (χ1) is 9.71. The summed E-state index contributed by atoms with van der Waals surface area (Å²) in [4.78, 5) is -0.786. The topological polar surface area (TPSA) is 81.2 Å². The second-order valence-corrected chi connectivity index (χ2v) is 6.61. The standard InChI is InChI=1S/C12H14F2N4O2S/c1-17-6-8(5-16-17)7-18(2)21(19,20)11-4-9(15)3-10(13)12(11)14/h3-6H,7,15H2,1-2H3. The van der Waals surface area contributed by atoms with E-state index in [-0.39, 0.29) is 12.2 Å². The van der Waals surface area contributed by atoms with Crippen LogP contribution in [0.4, 0.5) is 14.5 Å². The molecule has 0 saturated heterocycles. The molecule has 0 atom stereocenters. The molecule has 1 aromatic heterocycles. The molecule has 2 N–H and O–H groups in total. The van der Waals surface area contributed by atoms with Gasteiger partial charge in [-0.25, -0.2) is 17.2 Å². The van der Waals surface area contributed by atoms with E-state index >= 15 is 0 Å². The molecule has 0 spiro atoms. The van der Waals surface area contributed by atoms with Crippen molar-refractivity contribution in [3.63, 3.8) is 0 Å². The monoisotopic (exact) mass is 316 g/mol. The van der Waals surface area contributed by atoms with Crippen LogP contribution in [0.15, 0.2) is 29.4 Å². The number of nitrogens with two attached hydrogens (primary N) is 1. The highest BCUT2D eigenvalue weighted by Crippen LogP contribution is 2.24. The Balaban J connectivity index is 2.37. The second kappa shape index (κ2) is 5.41. The van der Waals surface area contributed by atoms with Gasteiger partial charge in [-0.2, -0.15) is 9.40 Å². The third kappa shape index (κ3) is 3.03. The predicted octanol–water partition coefficient (Wildman–Crippen LogP) is 1.10. The van der Waals surface area contributed by atoms with Gasteiger partial charge in [-0.3, -0.25) is 4.68 Å². The molecule has 114 valence electrons. The van der Waals surface area contributed by atoms with Gasteiger partial charge in [0.05, 0.1) is 6.20 Å². The minimum Gasteiger partial charge on any atom is -0.399 e. The molecule has 6 nitrogen and oxygen atoms in total. The molecule has 0 amide bonds. The lowest BCUT2D eigenvalue weighted by atomic mass is 10.3. The minimum absolute atomic E-state index is 0.0218. The number of nitrogens with zero attached hydrogens (tertiary/aromatic N) is 3. The van der Waals surface area contributed by atoms with E-state index in [0.717, 1.165) is 16.4 Å². The smallest absolute Gasteiger partial charge is 0.246 e. The van der Waals surface area contributed by atoms with Gasteiger partial charge >= 0.3 is 0 Å². The van der Waals surface area contributed by atoms with Crippen molar-refractivity contribution >= 4 is 15.7 Å². The first kappa shape index (κ1) is 15.4. The molecule has 0 radical (unpaired) electrons. The van der Waals surface area contributed by atoms with Crippen LogP contribution in [0.3, 0.4) is 0 Å². The number of halogens is 2. The predicted molar refractivity (Wildman–Crippen MR) is 72.6 cm³/mol. The molecule has 0 aliphatic carbocycles. The lowest BCUT2D eigenvalue weighted by Crippen LogP contribution is -2.27.